The fourth-order valence-corrected chi connectivity index (χ4v) is 3.13. The minimum atomic E-state index is -0.105. The van der Waals surface area contributed by atoms with Gasteiger partial charge in [-0.3, -0.25) is 10.2 Å². The van der Waals surface area contributed by atoms with E-state index < -0.39 is 0 Å². The number of nitrogens with zero attached hydrogens (tertiary/aromatic N) is 4. The molecule has 0 unspecified atom stereocenters. The standard InChI is InChI=1S/C20H19N5O/c1-14-17(15(2)25(22-14)16-8-4-3-5-9-16)12-20(26)23-24-13-21-18-10-6-7-11-19(18)24/h3-11,13H,12H2,1-2H3,(H,23,26). The Hall–Kier alpha value is -3.41. The van der Waals surface area contributed by atoms with Gasteiger partial charge in [0.05, 0.1) is 28.8 Å². The van der Waals surface area contributed by atoms with Crippen LogP contribution in [0.15, 0.2) is 60.9 Å². The summed E-state index contributed by atoms with van der Waals surface area (Å²) in [6.45, 7) is 3.92. The average molecular weight is 345 g/mol. The first-order chi connectivity index (χ1) is 12.6. The molecule has 0 fully saturated rings. The van der Waals surface area contributed by atoms with Gasteiger partial charge in [-0.25, -0.2) is 14.3 Å². The summed E-state index contributed by atoms with van der Waals surface area (Å²) in [5, 5.41) is 4.60. The van der Waals surface area contributed by atoms with Crippen molar-refractivity contribution in [1.82, 2.24) is 19.4 Å². The molecule has 0 saturated heterocycles. The molecule has 26 heavy (non-hydrogen) atoms. The van der Waals surface area contributed by atoms with Crippen molar-refractivity contribution in [3.8, 4) is 5.69 Å². The Kier molecular flexibility index (Phi) is 4.01. The van der Waals surface area contributed by atoms with E-state index in [4.69, 9.17) is 0 Å². The molecule has 1 N–H and O–H groups in total. The van der Waals surface area contributed by atoms with Gasteiger partial charge < -0.3 is 0 Å². The third kappa shape index (κ3) is 2.86. The van der Waals surface area contributed by atoms with E-state index in [2.05, 4.69) is 15.5 Å². The molecule has 6 heteroatoms. The molecular formula is C20H19N5O. The van der Waals surface area contributed by atoms with Crippen LogP contribution in [-0.4, -0.2) is 25.3 Å². The zero-order chi connectivity index (χ0) is 18.1. The van der Waals surface area contributed by atoms with E-state index in [1.807, 2.05) is 73.1 Å². The van der Waals surface area contributed by atoms with Crippen molar-refractivity contribution in [2.24, 2.45) is 0 Å². The molecule has 130 valence electrons. The van der Waals surface area contributed by atoms with Crippen LogP contribution in [-0.2, 0) is 11.2 Å². The molecule has 0 aliphatic carbocycles. The molecular weight excluding hydrogens is 326 g/mol. The highest BCUT2D eigenvalue weighted by molar-refractivity contribution is 5.88. The van der Waals surface area contributed by atoms with Gasteiger partial charge in [0.25, 0.3) is 0 Å². The number of hydrogen-bond acceptors (Lipinski definition) is 3. The minimum absolute atomic E-state index is 0.105. The Bertz CT molecular complexity index is 1080. The largest absolute Gasteiger partial charge is 0.273 e. The van der Waals surface area contributed by atoms with Crippen molar-refractivity contribution >= 4 is 16.9 Å². The van der Waals surface area contributed by atoms with Crippen molar-refractivity contribution < 1.29 is 4.79 Å². The zero-order valence-electron chi connectivity index (χ0n) is 14.7. The Morgan fingerprint density at radius 3 is 2.58 bits per heavy atom. The number of imidazole rings is 1. The van der Waals surface area contributed by atoms with E-state index in [1.165, 1.54) is 0 Å². The fraction of sp³-hybridized carbons (Fsp3) is 0.150. The Labute approximate surface area is 151 Å². The second kappa shape index (κ2) is 6.48. The van der Waals surface area contributed by atoms with E-state index >= 15 is 0 Å². The van der Waals surface area contributed by atoms with Gasteiger partial charge >= 0.3 is 0 Å². The lowest BCUT2D eigenvalue weighted by Gasteiger charge is -2.08. The van der Waals surface area contributed by atoms with Crippen LogP contribution in [0.3, 0.4) is 0 Å². The van der Waals surface area contributed by atoms with Gasteiger partial charge in [-0.2, -0.15) is 5.10 Å². The number of para-hydroxylation sites is 3. The molecule has 4 rings (SSSR count). The molecule has 6 nitrogen and oxygen atoms in total. The summed E-state index contributed by atoms with van der Waals surface area (Å²) in [6.07, 6.45) is 1.88. The number of carbonyl (C=O) groups excluding carboxylic acids is 1. The number of rotatable bonds is 4. The van der Waals surface area contributed by atoms with Crippen LogP contribution in [0.25, 0.3) is 16.7 Å². The summed E-state index contributed by atoms with van der Waals surface area (Å²) in [7, 11) is 0. The number of fused-ring (bicyclic) bond motifs is 1. The number of benzene rings is 2. The van der Waals surface area contributed by atoms with Gasteiger partial charge in [-0.15, -0.1) is 0 Å². The monoisotopic (exact) mass is 345 g/mol. The molecule has 0 bridgehead atoms. The van der Waals surface area contributed by atoms with Crippen molar-refractivity contribution in [2.75, 3.05) is 5.43 Å². The van der Waals surface area contributed by atoms with Gasteiger partial charge in [-0.05, 0) is 38.1 Å². The summed E-state index contributed by atoms with van der Waals surface area (Å²) in [6, 6.07) is 17.6. The molecule has 2 heterocycles. The van der Waals surface area contributed by atoms with Crippen LogP contribution in [0.4, 0.5) is 0 Å². The van der Waals surface area contributed by atoms with Crippen LogP contribution in [0.5, 0.6) is 0 Å². The normalized spacial score (nSPS) is 11.0. The summed E-state index contributed by atoms with van der Waals surface area (Å²) in [5.41, 5.74) is 8.37. The van der Waals surface area contributed by atoms with Crippen molar-refractivity contribution in [2.45, 2.75) is 20.3 Å². The number of hydrogen-bond donors (Lipinski definition) is 1. The fourth-order valence-electron chi connectivity index (χ4n) is 3.13. The molecule has 0 aliphatic heterocycles. The van der Waals surface area contributed by atoms with Crippen LogP contribution < -0.4 is 5.43 Å². The summed E-state index contributed by atoms with van der Waals surface area (Å²) in [5.74, 6) is -0.105. The molecule has 0 spiro atoms. The summed E-state index contributed by atoms with van der Waals surface area (Å²) >= 11 is 0. The quantitative estimate of drug-likeness (QED) is 0.618. The maximum absolute atomic E-state index is 12.6. The topological polar surface area (TPSA) is 64.7 Å². The second-order valence-corrected chi connectivity index (χ2v) is 6.21. The maximum Gasteiger partial charge on any atom is 0.243 e. The molecule has 1 amide bonds. The predicted octanol–water partition coefficient (Wildman–Crippen LogP) is 3.15. The van der Waals surface area contributed by atoms with Crippen molar-refractivity contribution in [1.29, 1.82) is 0 Å². The highest BCUT2D eigenvalue weighted by Crippen LogP contribution is 2.18. The minimum Gasteiger partial charge on any atom is -0.273 e. The third-order valence-electron chi connectivity index (χ3n) is 4.48. The van der Waals surface area contributed by atoms with Gasteiger partial charge in [0.2, 0.25) is 5.91 Å². The van der Waals surface area contributed by atoms with E-state index in [9.17, 15) is 4.79 Å². The molecule has 0 saturated carbocycles. The van der Waals surface area contributed by atoms with Gasteiger partial charge in [-0.1, -0.05) is 30.3 Å². The van der Waals surface area contributed by atoms with E-state index in [0.29, 0.717) is 0 Å². The lowest BCUT2D eigenvalue weighted by molar-refractivity contribution is -0.116. The first kappa shape index (κ1) is 16.1. The van der Waals surface area contributed by atoms with Crippen LogP contribution in [0, 0.1) is 13.8 Å². The lowest BCUT2D eigenvalue weighted by Crippen LogP contribution is -2.24. The first-order valence-electron chi connectivity index (χ1n) is 8.46. The SMILES string of the molecule is Cc1nn(-c2ccccc2)c(C)c1CC(=O)Nn1cnc2ccccc21. The number of carbonyl (C=O) groups is 1. The first-order valence-corrected chi connectivity index (χ1v) is 8.46. The second-order valence-electron chi connectivity index (χ2n) is 6.21. The Morgan fingerprint density at radius 1 is 1.04 bits per heavy atom. The van der Waals surface area contributed by atoms with Gasteiger partial charge in [0, 0.05) is 11.3 Å². The molecule has 2 aromatic carbocycles. The smallest absolute Gasteiger partial charge is 0.243 e. The van der Waals surface area contributed by atoms with Gasteiger partial charge in [0.15, 0.2) is 0 Å². The highest BCUT2D eigenvalue weighted by Gasteiger charge is 2.16. The van der Waals surface area contributed by atoms with E-state index in [1.54, 1.807) is 11.0 Å². The molecule has 0 radical (unpaired) electrons. The lowest BCUT2D eigenvalue weighted by atomic mass is 10.1. The summed E-state index contributed by atoms with van der Waals surface area (Å²) in [4.78, 5) is 16.9. The molecule has 2 aromatic heterocycles. The highest BCUT2D eigenvalue weighted by atomic mass is 16.2. The number of nitrogens with one attached hydrogen (secondary N) is 1. The maximum atomic E-state index is 12.6. The zero-order valence-corrected chi connectivity index (χ0v) is 14.7. The predicted molar refractivity (Wildman–Crippen MR) is 101 cm³/mol. The molecule has 4 aromatic rings. The number of aromatic nitrogens is 4. The van der Waals surface area contributed by atoms with Gasteiger partial charge in [0.1, 0.15) is 6.33 Å². The third-order valence-corrected chi connectivity index (χ3v) is 4.48. The summed E-state index contributed by atoms with van der Waals surface area (Å²) < 4.78 is 3.54. The Morgan fingerprint density at radius 2 is 1.77 bits per heavy atom. The average Bonchev–Trinajstić information content (AvgIpc) is 3.19. The number of aryl methyl sites for hydroxylation is 1. The molecule has 0 atom stereocenters. The van der Waals surface area contributed by atoms with Crippen molar-refractivity contribution in [3.63, 3.8) is 0 Å². The van der Waals surface area contributed by atoms with E-state index in [0.717, 1.165) is 33.7 Å². The molecule has 0 aliphatic rings. The van der Waals surface area contributed by atoms with E-state index in [-0.39, 0.29) is 12.3 Å². The van der Waals surface area contributed by atoms with Crippen molar-refractivity contribution in [3.05, 3.63) is 77.9 Å². The Balaban J connectivity index is 1.57. The van der Waals surface area contributed by atoms with Crippen LogP contribution >= 0.6 is 0 Å². The number of amides is 1. The van der Waals surface area contributed by atoms with Crippen LogP contribution in [0.1, 0.15) is 17.0 Å². The van der Waals surface area contributed by atoms with Crippen LogP contribution in [0.2, 0.25) is 0 Å².